The largest absolute Gasteiger partial charge is 0.272 e. The topological polar surface area (TPSA) is 58.6 Å². The highest BCUT2D eigenvalue weighted by atomic mass is 16.1. The van der Waals surface area contributed by atoms with Crippen LogP contribution in [-0.4, -0.2) is 15.2 Å². The van der Waals surface area contributed by atoms with E-state index in [1.54, 1.807) is 0 Å². The second-order valence-corrected chi connectivity index (χ2v) is 5.64. The van der Waals surface area contributed by atoms with Crippen molar-refractivity contribution in [3.05, 3.63) is 94.5 Å². The molecule has 0 fully saturated rings. The van der Waals surface area contributed by atoms with Crippen molar-refractivity contribution >= 4 is 10.8 Å². The van der Waals surface area contributed by atoms with E-state index in [0.29, 0.717) is 11.8 Å². The maximum atomic E-state index is 11.9. The highest BCUT2D eigenvalue weighted by Crippen LogP contribution is 2.20. The average molecular weight is 313 g/mol. The Labute approximate surface area is 138 Å². The standard InChI is InChI=1S/C20H15N3O/c24-20-17-9-5-4-8-16(17)19(22-23-20)13-14-10-11-21-18(12-14)15-6-2-1-3-7-15/h1-12H,13H2,(H,23,24). The normalized spacial score (nSPS) is 10.8. The van der Waals surface area contributed by atoms with Gasteiger partial charge in [-0.1, -0.05) is 48.5 Å². The summed E-state index contributed by atoms with van der Waals surface area (Å²) in [7, 11) is 0. The van der Waals surface area contributed by atoms with Crippen LogP contribution in [0.2, 0.25) is 0 Å². The molecule has 24 heavy (non-hydrogen) atoms. The van der Waals surface area contributed by atoms with Gasteiger partial charge >= 0.3 is 0 Å². The molecule has 4 aromatic rings. The van der Waals surface area contributed by atoms with Crippen LogP contribution in [0.1, 0.15) is 11.3 Å². The zero-order chi connectivity index (χ0) is 16.4. The Hall–Kier alpha value is -3.27. The third-order valence-corrected chi connectivity index (χ3v) is 4.04. The van der Waals surface area contributed by atoms with Gasteiger partial charge in [-0.2, -0.15) is 5.10 Å². The molecule has 2 aromatic heterocycles. The van der Waals surface area contributed by atoms with Crippen molar-refractivity contribution in [2.45, 2.75) is 6.42 Å². The first-order valence-corrected chi connectivity index (χ1v) is 7.78. The molecule has 0 saturated carbocycles. The van der Waals surface area contributed by atoms with E-state index in [2.05, 4.69) is 21.2 Å². The zero-order valence-electron chi connectivity index (χ0n) is 12.9. The predicted octanol–water partition coefficient (Wildman–Crippen LogP) is 3.58. The minimum absolute atomic E-state index is 0.158. The maximum absolute atomic E-state index is 11.9. The van der Waals surface area contributed by atoms with Gasteiger partial charge in [-0.15, -0.1) is 0 Å². The number of nitrogens with one attached hydrogen (secondary N) is 1. The fourth-order valence-corrected chi connectivity index (χ4v) is 2.85. The quantitative estimate of drug-likeness (QED) is 0.629. The summed E-state index contributed by atoms with van der Waals surface area (Å²) in [6.07, 6.45) is 2.45. The highest BCUT2D eigenvalue weighted by molar-refractivity contribution is 5.83. The van der Waals surface area contributed by atoms with E-state index < -0.39 is 0 Å². The second kappa shape index (κ2) is 6.08. The van der Waals surface area contributed by atoms with E-state index in [0.717, 1.165) is 27.9 Å². The Kier molecular flexibility index (Phi) is 3.63. The third-order valence-electron chi connectivity index (χ3n) is 4.04. The SMILES string of the molecule is O=c1[nH]nc(Cc2ccnc(-c3ccccc3)c2)c2ccccc12. The Morgan fingerprint density at radius 3 is 2.46 bits per heavy atom. The number of nitrogens with zero attached hydrogens (tertiary/aromatic N) is 2. The van der Waals surface area contributed by atoms with Gasteiger partial charge in [0.2, 0.25) is 0 Å². The van der Waals surface area contributed by atoms with Gasteiger partial charge in [-0.25, -0.2) is 5.10 Å². The minimum Gasteiger partial charge on any atom is -0.267 e. The summed E-state index contributed by atoms with van der Waals surface area (Å²) in [6.45, 7) is 0. The molecule has 0 aliphatic carbocycles. The van der Waals surface area contributed by atoms with Gasteiger partial charge < -0.3 is 0 Å². The first-order valence-electron chi connectivity index (χ1n) is 7.78. The lowest BCUT2D eigenvalue weighted by atomic mass is 10.0. The number of hydrogen-bond donors (Lipinski definition) is 1. The number of aromatic amines is 1. The molecule has 0 aliphatic rings. The number of pyridine rings is 1. The lowest BCUT2D eigenvalue weighted by Gasteiger charge is -2.07. The van der Waals surface area contributed by atoms with Crippen LogP contribution < -0.4 is 5.56 Å². The van der Waals surface area contributed by atoms with E-state index in [9.17, 15) is 4.79 Å². The monoisotopic (exact) mass is 313 g/mol. The number of aromatic nitrogens is 3. The van der Waals surface area contributed by atoms with Crippen LogP contribution in [0.15, 0.2) is 77.7 Å². The second-order valence-electron chi connectivity index (χ2n) is 5.64. The molecule has 2 heterocycles. The van der Waals surface area contributed by atoms with Gasteiger partial charge in [0.05, 0.1) is 16.8 Å². The molecule has 4 nitrogen and oxygen atoms in total. The summed E-state index contributed by atoms with van der Waals surface area (Å²) in [5.41, 5.74) is 3.82. The lowest BCUT2D eigenvalue weighted by molar-refractivity contribution is 0.933. The van der Waals surface area contributed by atoms with Gasteiger partial charge in [0, 0.05) is 23.6 Å². The molecule has 4 rings (SSSR count). The molecular weight excluding hydrogens is 298 g/mol. The van der Waals surface area contributed by atoms with Gasteiger partial charge in [0.15, 0.2) is 0 Å². The number of hydrogen-bond acceptors (Lipinski definition) is 3. The van der Waals surface area contributed by atoms with Crippen LogP contribution >= 0.6 is 0 Å². The van der Waals surface area contributed by atoms with Crippen molar-refractivity contribution in [1.82, 2.24) is 15.2 Å². The highest BCUT2D eigenvalue weighted by Gasteiger charge is 2.08. The number of H-pyrrole nitrogens is 1. The van der Waals surface area contributed by atoms with Gasteiger partial charge in [0.1, 0.15) is 0 Å². The van der Waals surface area contributed by atoms with E-state index in [-0.39, 0.29) is 5.56 Å². The van der Waals surface area contributed by atoms with E-state index in [1.165, 1.54) is 0 Å². The lowest BCUT2D eigenvalue weighted by Crippen LogP contribution is -2.11. The Morgan fingerprint density at radius 2 is 1.62 bits per heavy atom. The van der Waals surface area contributed by atoms with Crippen molar-refractivity contribution in [2.24, 2.45) is 0 Å². The average Bonchev–Trinajstić information content (AvgIpc) is 2.65. The third kappa shape index (κ3) is 2.70. The predicted molar refractivity (Wildman–Crippen MR) is 94.8 cm³/mol. The molecule has 0 bridgehead atoms. The van der Waals surface area contributed by atoms with Crippen molar-refractivity contribution in [3.8, 4) is 11.3 Å². The van der Waals surface area contributed by atoms with Gasteiger partial charge in [-0.3, -0.25) is 9.78 Å². The van der Waals surface area contributed by atoms with E-state index in [1.807, 2.05) is 66.9 Å². The Balaban J connectivity index is 1.75. The summed E-state index contributed by atoms with van der Waals surface area (Å²) in [5.74, 6) is 0. The molecule has 0 radical (unpaired) electrons. The van der Waals surface area contributed by atoms with E-state index in [4.69, 9.17) is 0 Å². The minimum atomic E-state index is -0.158. The summed E-state index contributed by atoms with van der Waals surface area (Å²) >= 11 is 0. The number of fused-ring (bicyclic) bond motifs is 1. The number of benzene rings is 2. The van der Waals surface area contributed by atoms with Crippen LogP contribution in [0.5, 0.6) is 0 Å². The van der Waals surface area contributed by atoms with Crippen LogP contribution in [0.4, 0.5) is 0 Å². The maximum Gasteiger partial charge on any atom is 0.272 e. The number of rotatable bonds is 3. The van der Waals surface area contributed by atoms with E-state index >= 15 is 0 Å². The first-order chi connectivity index (χ1) is 11.8. The zero-order valence-corrected chi connectivity index (χ0v) is 12.9. The van der Waals surface area contributed by atoms with Crippen molar-refractivity contribution < 1.29 is 0 Å². The molecule has 0 spiro atoms. The molecule has 1 N–H and O–H groups in total. The summed E-state index contributed by atoms with van der Waals surface area (Å²) < 4.78 is 0. The van der Waals surface area contributed by atoms with Crippen molar-refractivity contribution in [1.29, 1.82) is 0 Å². The molecule has 0 amide bonds. The first kappa shape index (κ1) is 14.3. The van der Waals surface area contributed by atoms with Crippen molar-refractivity contribution in [3.63, 3.8) is 0 Å². The fraction of sp³-hybridized carbons (Fsp3) is 0.0500. The smallest absolute Gasteiger partial charge is 0.267 e. The Bertz CT molecular complexity index is 1050. The molecule has 0 atom stereocenters. The fourth-order valence-electron chi connectivity index (χ4n) is 2.85. The summed E-state index contributed by atoms with van der Waals surface area (Å²) in [4.78, 5) is 16.3. The molecule has 116 valence electrons. The Morgan fingerprint density at radius 1 is 0.875 bits per heavy atom. The summed E-state index contributed by atoms with van der Waals surface area (Å²) in [6, 6.07) is 21.7. The molecule has 0 aliphatic heterocycles. The van der Waals surface area contributed by atoms with Crippen LogP contribution in [0.25, 0.3) is 22.0 Å². The molecule has 4 heteroatoms. The van der Waals surface area contributed by atoms with Crippen molar-refractivity contribution in [2.75, 3.05) is 0 Å². The van der Waals surface area contributed by atoms with Crippen LogP contribution in [0.3, 0.4) is 0 Å². The van der Waals surface area contributed by atoms with Crippen LogP contribution in [0, 0.1) is 0 Å². The van der Waals surface area contributed by atoms with Gasteiger partial charge in [0.25, 0.3) is 5.56 Å². The summed E-state index contributed by atoms with van der Waals surface area (Å²) in [5, 5.41) is 8.39. The molecule has 2 aromatic carbocycles. The van der Waals surface area contributed by atoms with Gasteiger partial charge in [-0.05, 0) is 23.8 Å². The molecular formula is C20H15N3O. The van der Waals surface area contributed by atoms with Crippen LogP contribution in [-0.2, 0) is 6.42 Å². The molecule has 0 saturated heterocycles. The molecule has 0 unspecified atom stereocenters.